The molecule has 0 bridgehead atoms. The summed E-state index contributed by atoms with van der Waals surface area (Å²) in [6.07, 6.45) is 0.745. The summed E-state index contributed by atoms with van der Waals surface area (Å²) in [5.41, 5.74) is 4.03. The molecule has 178 valence electrons. The molecule has 1 amide bonds. The molecule has 0 radical (unpaired) electrons. The van der Waals surface area contributed by atoms with E-state index < -0.39 is 0 Å². The number of aromatic nitrogens is 3. The molecule has 0 saturated carbocycles. The summed E-state index contributed by atoms with van der Waals surface area (Å²) in [7, 11) is 1.64. The van der Waals surface area contributed by atoms with Crippen LogP contribution < -0.4 is 14.8 Å². The molecule has 0 spiro atoms. The van der Waals surface area contributed by atoms with Crippen LogP contribution in [-0.2, 0) is 4.79 Å². The number of methoxy groups -OCH3 is 1. The molecule has 5 rings (SSSR count). The second-order valence-corrected chi connectivity index (χ2v) is 9.23. The molecule has 2 heterocycles. The van der Waals surface area contributed by atoms with Gasteiger partial charge < -0.3 is 14.8 Å². The van der Waals surface area contributed by atoms with Crippen LogP contribution in [0, 0.1) is 6.92 Å². The van der Waals surface area contributed by atoms with Crippen LogP contribution in [0.5, 0.6) is 11.5 Å². The summed E-state index contributed by atoms with van der Waals surface area (Å²) < 4.78 is 13.0. The summed E-state index contributed by atoms with van der Waals surface area (Å²) in [5, 5.41) is 12.7. The summed E-state index contributed by atoms with van der Waals surface area (Å²) in [4.78, 5) is 12.9. The van der Waals surface area contributed by atoms with Gasteiger partial charge in [0, 0.05) is 23.2 Å². The standard InChI is InChI=1S/C27H26N4O3S/c1-18-7-11-20(12-8-18)31-26(19-9-13-21(33-2)14-10-19)29-30-27(31)35-17-25(32)28-23-15-16-34-24-6-4-3-5-22(23)24/h3-14,23H,15-17H2,1-2H3,(H,28,32). The van der Waals surface area contributed by atoms with Gasteiger partial charge in [-0.1, -0.05) is 47.7 Å². The lowest BCUT2D eigenvalue weighted by atomic mass is 10.0. The van der Waals surface area contributed by atoms with Crippen molar-refractivity contribution in [2.24, 2.45) is 0 Å². The van der Waals surface area contributed by atoms with Crippen LogP contribution in [0.2, 0.25) is 0 Å². The van der Waals surface area contributed by atoms with Crippen LogP contribution in [0.15, 0.2) is 78.0 Å². The highest BCUT2D eigenvalue weighted by molar-refractivity contribution is 7.99. The van der Waals surface area contributed by atoms with Crippen molar-refractivity contribution >= 4 is 17.7 Å². The van der Waals surface area contributed by atoms with Gasteiger partial charge in [0.15, 0.2) is 11.0 Å². The molecule has 1 N–H and O–H groups in total. The molecule has 1 aliphatic rings. The lowest BCUT2D eigenvalue weighted by molar-refractivity contribution is -0.119. The average Bonchev–Trinajstić information content (AvgIpc) is 3.32. The van der Waals surface area contributed by atoms with Gasteiger partial charge in [0.2, 0.25) is 5.91 Å². The minimum atomic E-state index is -0.0575. The van der Waals surface area contributed by atoms with E-state index in [4.69, 9.17) is 9.47 Å². The summed E-state index contributed by atoms with van der Waals surface area (Å²) >= 11 is 1.37. The van der Waals surface area contributed by atoms with Crippen molar-refractivity contribution in [3.05, 3.63) is 83.9 Å². The molecule has 1 atom stereocenters. The van der Waals surface area contributed by atoms with Gasteiger partial charge in [-0.25, -0.2) is 0 Å². The van der Waals surface area contributed by atoms with Gasteiger partial charge in [-0.2, -0.15) is 0 Å². The van der Waals surface area contributed by atoms with Crippen LogP contribution >= 0.6 is 11.8 Å². The Labute approximate surface area is 208 Å². The molecule has 3 aromatic carbocycles. The summed E-state index contributed by atoms with van der Waals surface area (Å²) in [6, 6.07) is 23.7. The zero-order valence-corrected chi connectivity index (χ0v) is 20.4. The number of para-hydroxylation sites is 1. The Morgan fingerprint density at radius 2 is 1.86 bits per heavy atom. The Hall–Kier alpha value is -3.78. The van der Waals surface area contributed by atoms with Crippen LogP contribution in [0.4, 0.5) is 0 Å². The van der Waals surface area contributed by atoms with Crippen LogP contribution in [0.25, 0.3) is 17.1 Å². The maximum absolute atomic E-state index is 12.9. The number of nitrogens with one attached hydrogen (secondary N) is 1. The predicted octanol–water partition coefficient (Wildman–Crippen LogP) is 4.98. The van der Waals surface area contributed by atoms with Gasteiger partial charge in [0.25, 0.3) is 0 Å². The monoisotopic (exact) mass is 486 g/mol. The maximum Gasteiger partial charge on any atom is 0.230 e. The zero-order valence-electron chi connectivity index (χ0n) is 19.6. The van der Waals surface area contributed by atoms with E-state index in [1.807, 2.05) is 65.2 Å². The second-order valence-electron chi connectivity index (χ2n) is 8.29. The molecule has 1 aliphatic heterocycles. The van der Waals surface area contributed by atoms with E-state index in [-0.39, 0.29) is 17.7 Å². The lowest BCUT2D eigenvalue weighted by Gasteiger charge is -2.26. The first-order chi connectivity index (χ1) is 17.1. The summed E-state index contributed by atoms with van der Waals surface area (Å²) in [5.74, 6) is 2.49. The number of benzene rings is 3. The second kappa shape index (κ2) is 10.2. The van der Waals surface area contributed by atoms with Gasteiger partial charge in [0.1, 0.15) is 11.5 Å². The smallest absolute Gasteiger partial charge is 0.230 e. The fraction of sp³-hybridized carbons (Fsp3) is 0.222. The molecular weight excluding hydrogens is 460 g/mol. The number of carbonyl (C=O) groups is 1. The SMILES string of the molecule is COc1ccc(-c2nnc(SCC(=O)NC3CCOc4ccccc43)n2-c2ccc(C)cc2)cc1. The highest BCUT2D eigenvalue weighted by Crippen LogP contribution is 2.32. The van der Waals surface area contributed by atoms with E-state index in [2.05, 4.69) is 34.6 Å². The predicted molar refractivity (Wildman–Crippen MR) is 136 cm³/mol. The van der Waals surface area contributed by atoms with Crippen molar-refractivity contribution in [2.45, 2.75) is 24.5 Å². The molecule has 0 saturated heterocycles. The third kappa shape index (κ3) is 5.02. The number of hydrogen-bond acceptors (Lipinski definition) is 6. The van der Waals surface area contributed by atoms with E-state index in [9.17, 15) is 4.79 Å². The minimum absolute atomic E-state index is 0.0545. The van der Waals surface area contributed by atoms with Gasteiger partial charge in [-0.15, -0.1) is 10.2 Å². The minimum Gasteiger partial charge on any atom is -0.497 e. The van der Waals surface area contributed by atoms with E-state index >= 15 is 0 Å². The fourth-order valence-corrected chi connectivity index (χ4v) is 4.84. The largest absolute Gasteiger partial charge is 0.497 e. The summed E-state index contributed by atoms with van der Waals surface area (Å²) in [6.45, 7) is 2.64. The Morgan fingerprint density at radius 1 is 1.09 bits per heavy atom. The van der Waals surface area contributed by atoms with Crippen LogP contribution in [0.1, 0.15) is 23.6 Å². The normalized spacial score (nSPS) is 14.6. The molecule has 8 heteroatoms. The number of carbonyl (C=O) groups excluding carboxylic acids is 1. The van der Waals surface area contributed by atoms with E-state index in [1.54, 1.807) is 7.11 Å². The third-order valence-electron chi connectivity index (χ3n) is 5.90. The van der Waals surface area contributed by atoms with Crippen LogP contribution in [0.3, 0.4) is 0 Å². The molecule has 1 unspecified atom stereocenters. The first kappa shape index (κ1) is 23.0. The first-order valence-corrected chi connectivity index (χ1v) is 12.4. The molecule has 4 aromatic rings. The number of thioether (sulfide) groups is 1. The van der Waals surface area contributed by atoms with Crippen LogP contribution in [-0.4, -0.2) is 40.1 Å². The zero-order chi connectivity index (χ0) is 24.2. The van der Waals surface area contributed by atoms with E-state index in [0.29, 0.717) is 17.6 Å². The molecular formula is C27H26N4O3S. The average molecular weight is 487 g/mol. The molecule has 35 heavy (non-hydrogen) atoms. The molecule has 7 nitrogen and oxygen atoms in total. The van der Waals surface area contributed by atoms with Crippen molar-refractivity contribution in [2.75, 3.05) is 19.5 Å². The highest BCUT2D eigenvalue weighted by atomic mass is 32.2. The highest BCUT2D eigenvalue weighted by Gasteiger charge is 2.23. The van der Waals surface area contributed by atoms with Crippen molar-refractivity contribution in [1.29, 1.82) is 0 Å². The van der Waals surface area contributed by atoms with Crippen molar-refractivity contribution < 1.29 is 14.3 Å². The Morgan fingerprint density at radius 3 is 2.63 bits per heavy atom. The molecule has 0 fully saturated rings. The number of nitrogens with zero attached hydrogens (tertiary/aromatic N) is 3. The van der Waals surface area contributed by atoms with Crippen molar-refractivity contribution in [3.8, 4) is 28.6 Å². The van der Waals surface area contributed by atoms with Gasteiger partial charge in [-0.05, 0) is 49.4 Å². The maximum atomic E-state index is 12.9. The first-order valence-electron chi connectivity index (χ1n) is 11.4. The third-order valence-corrected chi connectivity index (χ3v) is 6.83. The number of rotatable bonds is 7. The van der Waals surface area contributed by atoms with Crippen molar-refractivity contribution in [1.82, 2.24) is 20.1 Å². The number of hydrogen-bond donors (Lipinski definition) is 1. The van der Waals surface area contributed by atoms with Gasteiger partial charge in [0.05, 0.1) is 25.5 Å². The topological polar surface area (TPSA) is 78.3 Å². The van der Waals surface area contributed by atoms with E-state index in [1.165, 1.54) is 11.8 Å². The number of aryl methyl sites for hydroxylation is 1. The number of fused-ring (bicyclic) bond motifs is 1. The fourth-order valence-electron chi connectivity index (χ4n) is 4.08. The molecule has 0 aliphatic carbocycles. The molecule has 1 aromatic heterocycles. The Kier molecular flexibility index (Phi) is 6.72. The Balaban J connectivity index is 1.37. The van der Waals surface area contributed by atoms with E-state index in [0.717, 1.165) is 40.3 Å². The quantitative estimate of drug-likeness (QED) is 0.371. The number of amides is 1. The number of ether oxygens (including phenoxy) is 2. The Bertz CT molecular complexity index is 1320. The lowest BCUT2D eigenvalue weighted by Crippen LogP contribution is -2.33. The van der Waals surface area contributed by atoms with Gasteiger partial charge in [-0.3, -0.25) is 9.36 Å². The van der Waals surface area contributed by atoms with Crippen molar-refractivity contribution in [3.63, 3.8) is 0 Å². The van der Waals surface area contributed by atoms with Gasteiger partial charge >= 0.3 is 0 Å².